The monoisotopic (exact) mass is 348 g/mol. The van der Waals surface area contributed by atoms with E-state index in [-0.39, 0.29) is 11.7 Å². The van der Waals surface area contributed by atoms with Gasteiger partial charge in [0.25, 0.3) is 0 Å². The van der Waals surface area contributed by atoms with Gasteiger partial charge in [0, 0.05) is 11.2 Å². The van der Waals surface area contributed by atoms with E-state index in [1.54, 1.807) is 24.4 Å². The van der Waals surface area contributed by atoms with E-state index in [0.717, 1.165) is 5.52 Å². The number of carbonyl (C=O) groups is 1. The van der Waals surface area contributed by atoms with Crippen LogP contribution in [0.2, 0.25) is 5.02 Å². The first kappa shape index (κ1) is 15.6. The molecule has 0 atom stereocenters. The fourth-order valence-electron chi connectivity index (χ4n) is 1.99. The predicted molar refractivity (Wildman–Crippen MR) is 91.2 cm³/mol. The number of imidazole rings is 1. The van der Waals surface area contributed by atoms with Gasteiger partial charge in [-0.1, -0.05) is 23.4 Å². The Bertz CT molecular complexity index is 819. The Labute approximate surface area is 141 Å². The molecule has 0 bridgehead atoms. The Kier molecular flexibility index (Phi) is 4.68. The van der Waals surface area contributed by atoms with Crippen LogP contribution in [0, 0.1) is 0 Å². The number of benzene rings is 1. The molecular weight excluding hydrogens is 336 g/mol. The second-order valence-corrected chi connectivity index (χ2v) is 6.00. The number of aromatic nitrogens is 3. The van der Waals surface area contributed by atoms with Crippen LogP contribution in [0.1, 0.15) is 0 Å². The zero-order valence-corrected chi connectivity index (χ0v) is 13.7. The summed E-state index contributed by atoms with van der Waals surface area (Å²) in [5.74, 6) is 0.583. The fourth-order valence-corrected chi connectivity index (χ4v) is 2.83. The van der Waals surface area contributed by atoms with Gasteiger partial charge in [0.1, 0.15) is 5.75 Å². The number of fused-ring (bicyclic) bond motifs is 1. The summed E-state index contributed by atoms with van der Waals surface area (Å²) in [6.45, 7) is 0. The van der Waals surface area contributed by atoms with E-state index in [1.165, 1.54) is 18.9 Å². The molecule has 0 unspecified atom stereocenters. The summed E-state index contributed by atoms with van der Waals surface area (Å²) in [6, 6.07) is 8.76. The molecule has 1 aromatic carbocycles. The summed E-state index contributed by atoms with van der Waals surface area (Å²) in [5, 5.41) is 3.95. The van der Waals surface area contributed by atoms with Crippen molar-refractivity contribution < 1.29 is 9.53 Å². The maximum absolute atomic E-state index is 12.1. The van der Waals surface area contributed by atoms with Crippen molar-refractivity contribution in [3.05, 3.63) is 41.6 Å². The number of nitrogens with zero attached hydrogens (tertiary/aromatic N) is 2. The number of aromatic amines is 1. The normalized spacial score (nSPS) is 10.7. The fraction of sp³-hybridized carbons (Fsp3) is 0.133. The summed E-state index contributed by atoms with van der Waals surface area (Å²) in [5.41, 5.74) is 2.01. The third kappa shape index (κ3) is 3.75. The number of carbonyl (C=O) groups excluding carboxylic acids is 1. The third-order valence-electron chi connectivity index (χ3n) is 3.01. The number of hydrogen-bond donors (Lipinski definition) is 2. The third-order valence-corrected chi connectivity index (χ3v) is 4.12. The van der Waals surface area contributed by atoms with Gasteiger partial charge in [-0.3, -0.25) is 4.79 Å². The Morgan fingerprint density at radius 1 is 1.43 bits per heavy atom. The van der Waals surface area contributed by atoms with Crippen LogP contribution >= 0.6 is 23.4 Å². The zero-order chi connectivity index (χ0) is 16.2. The number of amides is 1. The van der Waals surface area contributed by atoms with E-state index in [4.69, 9.17) is 16.3 Å². The maximum atomic E-state index is 12.1. The number of pyridine rings is 1. The van der Waals surface area contributed by atoms with E-state index in [0.29, 0.717) is 27.3 Å². The first-order valence-corrected chi connectivity index (χ1v) is 8.09. The van der Waals surface area contributed by atoms with Crippen molar-refractivity contribution in [2.45, 2.75) is 5.16 Å². The van der Waals surface area contributed by atoms with Gasteiger partial charge in [0.15, 0.2) is 10.8 Å². The minimum atomic E-state index is -0.177. The molecule has 0 aliphatic heterocycles. The molecule has 0 radical (unpaired) electrons. The number of anilines is 1. The average Bonchev–Trinajstić information content (AvgIpc) is 2.96. The van der Waals surface area contributed by atoms with Crippen molar-refractivity contribution in [2.24, 2.45) is 0 Å². The van der Waals surface area contributed by atoms with Crippen molar-refractivity contribution in [3.63, 3.8) is 0 Å². The highest BCUT2D eigenvalue weighted by Gasteiger charge is 2.10. The van der Waals surface area contributed by atoms with E-state index in [9.17, 15) is 4.79 Å². The summed E-state index contributed by atoms with van der Waals surface area (Å²) >= 11 is 7.24. The number of thioether (sulfide) groups is 1. The number of H-pyrrole nitrogens is 1. The van der Waals surface area contributed by atoms with Crippen LogP contribution in [0.4, 0.5) is 5.69 Å². The molecule has 3 rings (SSSR count). The van der Waals surface area contributed by atoms with E-state index < -0.39 is 0 Å². The van der Waals surface area contributed by atoms with Crippen LogP contribution < -0.4 is 10.1 Å². The predicted octanol–water partition coefficient (Wildman–Crippen LogP) is 3.35. The van der Waals surface area contributed by atoms with Crippen molar-refractivity contribution in [3.8, 4) is 5.75 Å². The minimum absolute atomic E-state index is 0.177. The Morgan fingerprint density at radius 3 is 3.09 bits per heavy atom. The van der Waals surface area contributed by atoms with Crippen LogP contribution in [0.25, 0.3) is 11.2 Å². The lowest BCUT2D eigenvalue weighted by Crippen LogP contribution is -2.14. The number of nitrogens with one attached hydrogen (secondary N) is 2. The highest BCUT2D eigenvalue weighted by molar-refractivity contribution is 7.99. The number of ether oxygens (including phenoxy) is 1. The number of halogens is 1. The molecule has 0 aliphatic rings. The number of hydrogen-bond acceptors (Lipinski definition) is 5. The van der Waals surface area contributed by atoms with E-state index >= 15 is 0 Å². The lowest BCUT2D eigenvalue weighted by atomic mass is 10.3. The summed E-state index contributed by atoms with van der Waals surface area (Å²) in [6.07, 6.45) is 1.68. The van der Waals surface area contributed by atoms with Gasteiger partial charge in [-0.25, -0.2) is 9.97 Å². The highest BCUT2D eigenvalue weighted by Crippen LogP contribution is 2.28. The standard InChI is InChI=1S/C15H13ClN4O2S/c1-22-12-5-4-9(16)7-11(12)18-13(21)8-23-15-19-10-3-2-6-17-14(10)20-15/h2-7H,8H2,1H3,(H,18,21)(H,17,19,20). The van der Waals surface area contributed by atoms with Crippen LogP contribution in [0.3, 0.4) is 0 Å². The van der Waals surface area contributed by atoms with Crippen molar-refractivity contribution in [1.82, 2.24) is 15.0 Å². The largest absolute Gasteiger partial charge is 0.495 e. The molecule has 0 saturated heterocycles. The van der Waals surface area contributed by atoms with E-state index in [1.807, 2.05) is 12.1 Å². The molecule has 0 fully saturated rings. The van der Waals surface area contributed by atoms with Crippen molar-refractivity contribution in [2.75, 3.05) is 18.2 Å². The molecule has 2 N–H and O–H groups in total. The van der Waals surface area contributed by atoms with Gasteiger partial charge < -0.3 is 15.0 Å². The Balaban J connectivity index is 1.64. The lowest BCUT2D eigenvalue weighted by Gasteiger charge is -2.10. The number of rotatable bonds is 5. The van der Waals surface area contributed by atoms with Crippen LogP contribution in [-0.4, -0.2) is 33.7 Å². The SMILES string of the molecule is COc1ccc(Cl)cc1NC(=O)CSc1nc2ncccc2[nH]1. The molecule has 0 spiro atoms. The van der Waals surface area contributed by atoms with Gasteiger partial charge in [-0.2, -0.15) is 0 Å². The topological polar surface area (TPSA) is 79.9 Å². The molecular formula is C15H13ClN4O2S. The first-order valence-electron chi connectivity index (χ1n) is 6.72. The molecule has 118 valence electrons. The highest BCUT2D eigenvalue weighted by atomic mass is 35.5. The molecule has 6 nitrogen and oxygen atoms in total. The average molecular weight is 349 g/mol. The molecule has 1 amide bonds. The molecule has 0 aliphatic carbocycles. The van der Waals surface area contributed by atoms with Crippen LogP contribution in [-0.2, 0) is 4.79 Å². The van der Waals surface area contributed by atoms with Crippen LogP contribution in [0.15, 0.2) is 41.7 Å². The molecule has 0 saturated carbocycles. The quantitative estimate of drug-likeness (QED) is 0.691. The molecule has 2 aromatic heterocycles. The molecule has 2 heterocycles. The molecule has 3 aromatic rings. The molecule has 8 heteroatoms. The smallest absolute Gasteiger partial charge is 0.234 e. The van der Waals surface area contributed by atoms with Gasteiger partial charge in [0.05, 0.1) is 24.1 Å². The second kappa shape index (κ2) is 6.89. The Morgan fingerprint density at radius 2 is 2.30 bits per heavy atom. The zero-order valence-electron chi connectivity index (χ0n) is 12.2. The Hall–Kier alpha value is -2.25. The van der Waals surface area contributed by atoms with Gasteiger partial charge in [-0.05, 0) is 30.3 Å². The van der Waals surface area contributed by atoms with Crippen molar-refractivity contribution in [1.29, 1.82) is 0 Å². The second-order valence-electron chi connectivity index (χ2n) is 4.60. The first-order chi connectivity index (χ1) is 11.2. The lowest BCUT2D eigenvalue weighted by molar-refractivity contribution is -0.113. The van der Waals surface area contributed by atoms with Crippen LogP contribution in [0.5, 0.6) is 5.75 Å². The van der Waals surface area contributed by atoms with E-state index in [2.05, 4.69) is 20.3 Å². The summed E-state index contributed by atoms with van der Waals surface area (Å²) < 4.78 is 5.20. The maximum Gasteiger partial charge on any atom is 0.234 e. The van der Waals surface area contributed by atoms with Gasteiger partial charge >= 0.3 is 0 Å². The van der Waals surface area contributed by atoms with Crippen molar-refractivity contribution >= 4 is 46.1 Å². The van der Waals surface area contributed by atoms with Gasteiger partial charge in [0.2, 0.25) is 5.91 Å². The molecule has 23 heavy (non-hydrogen) atoms. The summed E-state index contributed by atoms with van der Waals surface area (Å²) in [4.78, 5) is 23.7. The number of methoxy groups -OCH3 is 1. The minimum Gasteiger partial charge on any atom is -0.495 e. The van der Waals surface area contributed by atoms with Gasteiger partial charge in [-0.15, -0.1) is 0 Å². The summed E-state index contributed by atoms with van der Waals surface area (Å²) in [7, 11) is 1.54.